The van der Waals surface area contributed by atoms with Gasteiger partial charge in [-0.3, -0.25) is 10.1 Å². The Kier molecular flexibility index (Phi) is 5.06. The minimum Gasteiger partial charge on any atom is -0.407 e. The fourth-order valence-corrected chi connectivity index (χ4v) is 2.93. The molecule has 1 N–H and O–H groups in total. The Labute approximate surface area is 154 Å². The van der Waals surface area contributed by atoms with Crippen molar-refractivity contribution in [1.82, 2.24) is 10.2 Å². The molecule has 2 aromatic carbocycles. The number of nitrogens with one attached hydrogen (secondary N) is 1. The first-order valence-corrected chi connectivity index (χ1v) is 9.76. The highest BCUT2D eigenvalue weighted by Crippen LogP contribution is 2.16. The molecule has 0 fully saturated rings. The maximum atomic E-state index is 12.1. The third-order valence-corrected chi connectivity index (χ3v) is 4.88. The van der Waals surface area contributed by atoms with Crippen molar-refractivity contribution in [2.45, 2.75) is 11.3 Å². The predicted molar refractivity (Wildman–Crippen MR) is 96.1 cm³/mol. The van der Waals surface area contributed by atoms with Crippen molar-refractivity contribution in [1.29, 1.82) is 0 Å². The van der Waals surface area contributed by atoms with Crippen LogP contribution >= 0.6 is 11.6 Å². The fourth-order valence-electron chi connectivity index (χ4n) is 2.18. The van der Waals surface area contributed by atoms with Crippen LogP contribution in [0.1, 0.15) is 21.8 Å². The van der Waals surface area contributed by atoms with Crippen molar-refractivity contribution >= 4 is 33.4 Å². The van der Waals surface area contributed by atoms with Crippen LogP contribution in [0, 0.1) is 0 Å². The fraction of sp³-hybridized carbons (Fsp3) is 0.118. The van der Waals surface area contributed by atoms with Crippen LogP contribution in [0.4, 0.5) is 6.01 Å². The summed E-state index contributed by atoms with van der Waals surface area (Å²) in [6.07, 6.45) is 1.46. The molecule has 3 aromatic rings. The molecule has 1 heterocycles. The number of hydrogen-bond acceptors (Lipinski definition) is 6. The Morgan fingerprint density at radius 2 is 1.73 bits per heavy atom. The smallest absolute Gasteiger partial charge is 0.322 e. The second-order valence-corrected chi connectivity index (χ2v) is 8.01. The van der Waals surface area contributed by atoms with E-state index in [4.69, 9.17) is 16.0 Å². The minimum atomic E-state index is -3.24. The zero-order valence-corrected chi connectivity index (χ0v) is 15.2. The van der Waals surface area contributed by atoms with Crippen molar-refractivity contribution < 1.29 is 17.6 Å². The molecule has 0 saturated carbocycles. The highest BCUT2D eigenvalue weighted by atomic mass is 35.5. The van der Waals surface area contributed by atoms with Crippen LogP contribution in [0.3, 0.4) is 0 Å². The summed E-state index contributed by atoms with van der Waals surface area (Å²) in [6.45, 7) is 0. The number of rotatable bonds is 5. The van der Waals surface area contributed by atoms with Gasteiger partial charge in [0, 0.05) is 16.8 Å². The molecule has 9 heteroatoms. The van der Waals surface area contributed by atoms with Crippen LogP contribution in [0.5, 0.6) is 0 Å². The maximum absolute atomic E-state index is 12.1. The molecule has 0 unspecified atom stereocenters. The molecule has 0 atom stereocenters. The van der Waals surface area contributed by atoms with Gasteiger partial charge in [0.25, 0.3) is 5.91 Å². The summed E-state index contributed by atoms with van der Waals surface area (Å²) in [4.78, 5) is 12.3. The number of nitrogens with zero attached hydrogens (tertiary/aromatic N) is 2. The van der Waals surface area contributed by atoms with Gasteiger partial charge >= 0.3 is 6.01 Å². The van der Waals surface area contributed by atoms with Crippen molar-refractivity contribution in [3.8, 4) is 0 Å². The van der Waals surface area contributed by atoms with Gasteiger partial charge in [-0.15, -0.1) is 5.10 Å². The molecule has 1 amide bonds. The van der Waals surface area contributed by atoms with E-state index in [9.17, 15) is 13.2 Å². The summed E-state index contributed by atoms with van der Waals surface area (Å²) < 4.78 is 28.3. The largest absolute Gasteiger partial charge is 0.407 e. The van der Waals surface area contributed by atoms with Crippen LogP contribution in [0.25, 0.3) is 0 Å². The number of carbonyl (C=O) groups is 1. The van der Waals surface area contributed by atoms with Crippen LogP contribution in [0.2, 0.25) is 5.02 Å². The van der Waals surface area contributed by atoms with E-state index in [-0.39, 0.29) is 10.9 Å². The SMILES string of the molecule is CS(=O)(=O)c1ccc(Cc2nnc(NC(=O)c3ccc(Cl)cc3)o2)cc1. The molecule has 0 saturated heterocycles. The van der Waals surface area contributed by atoms with Gasteiger partial charge in [-0.1, -0.05) is 28.8 Å². The topological polar surface area (TPSA) is 102 Å². The molecule has 134 valence electrons. The molecular formula is C17H14ClN3O4S. The Hall–Kier alpha value is -2.71. The first-order valence-electron chi connectivity index (χ1n) is 7.49. The number of benzene rings is 2. The van der Waals surface area contributed by atoms with Crippen molar-refractivity contribution in [3.63, 3.8) is 0 Å². The Morgan fingerprint density at radius 1 is 1.08 bits per heavy atom. The van der Waals surface area contributed by atoms with E-state index in [1.54, 1.807) is 36.4 Å². The summed E-state index contributed by atoms with van der Waals surface area (Å²) in [5.41, 5.74) is 1.21. The molecule has 26 heavy (non-hydrogen) atoms. The van der Waals surface area contributed by atoms with E-state index in [0.29, 0.717) is 22.9 Å². The van der Waals surface area contributed by atoms with Crippen LogP contribution in [0.15, 0.2) is 57.8 Å². The lowest BCUT2D eigenvalue weighted by atomic mass is 10.1. The van der Waals surface area contributed by atoms with Crippen molar-refractivity contribution in [2.24, 2.45) is 0 Å². The van der Waals surface area contributed by atoms with Gasteiger partial charge in [-0.25, -0.2) is 8.42 Å². The van der Waals surface area contributed by atoms with Crippen molar-refractivity contribution in [2.75, 3.05) is 11.6 Å². The molecule has 0 spiro atoms. The van der Waals surface area contributed by atoms with E-state index in [0.717, 1.165) is 11.8 Å². The summed E-state index contributed by atoms with van der Waals surface area (Å²) >= 11 is 5.79. The minimum absolute atomic E-state index is 0.0206. The monoisotopic (exact) mass is 391 g/mol. The number of sulfone groups is 1. The number of carbonyl (C=O) groups excluding carboxylic acids is 1. The third-order valence-electron chi connectivity index (χ3n) is 3.50. The molecule has 1 aromatic heterocycles. The van der Waals surface area contributed by atoms with Gasteiger partial charge in [0.1, 0.15) is 0 Å². The first-order chi connectivity index (χ1) is 12.3. The van der Waals surface area contributed by atoms with E-state index in [1.807, 2.05) is 0 Å². The van der Waals surface area contributed by atoms with Gasteiger partial charge in [0.15, 0.2) is 9.84 Å². The van der Waals surface area contributed by atoms with Gasteiger partial charge in [-0.2, -0.15) is 0 Å². The van der Waals surface area contributed by atoms with Gasteiger partial charge in [0.05, 0.1) is 11.3 Å². The lowest BCUT2D eigenvalue weighted by Gasteiger charge is -2.01. The highest BCUT2D eigenvalue weighted by Gasteiger charge is 2.13. The third kappa shape index (κ3) is 4.47. The summed E-state index contributed by atoms with van der Waals surface area (Å²) in [5, 5.41) is 10.7. The predicted octanol–water partition coefficient (Wildman–Crippen LogP) is 2.97. The Morgan fingerprint density at radius 3 is 2.35 bits per heavy atom. The van der Waals surface area contributed by atoms with Crippen LogP contribution < -0.4 is 5.32 Å². The van der Waals surface area contributed by atoms with Gasteiger partial charge in [-0.05, 0) is 42.0 Å². The maximum Gasteiger partial charge on any atom is 0.322 e. The molecule has 0 bridgehead atoms. The van der Waals surface area contributed by atoms with E-state index < -0.39 is 15.7 Å². The molecule has 0 radical (unpaired) electrons. The zero-order chi connectivity index (χ0) is 18.7. The van der Waals surface area contributed by atoms with Crippen LogP contribution in [-0.2, 0) is 16.3 Å². The second-order valence-electron chi connectivity index (χ2n) is 5.55. The second kappa shape index (κ2) is 7.27. The quantitative estimate of drug-likeness (QED) is 0.717. The van der Waals surface area contributed by atoms with Crippen LogP contribution in [-0.4, -0.2) is 30.8 Å². The zero-order valence-electron chi connectivity index (χ0n) is 13.6. The average Bonchev–Trinajstić information content (AvgIpc) is 3.02. The Balaban J connectivity index is 1.66. The standard InChI is InChI=1S/C17H14ClN3O4S/c1-26(23,24)14-8-2-11(3-9-14)10-15-20-21-17(25-15)19-16(22)12-4-6-13(18)7-5-12/h2-9H,10H2,1H3,(H,19,21,22). The number of anilines is 1. The molecule has 0 aliphatic carbocycles. The number of amides is 1. The van der Waals surface area contributed by atoms with Crippen molar-refractivity contribution in [3.05, 3.63) is 70.6 Å². The molecule has 7 nitrogen and oxygen atoms in total. The van der Waals surface area contributed by atoms with E-state index >= 15 is 0 Å². The molecular weight excluding hydrogens is 378 g/mol. The number of aromatic nitrogens is 2. The molecule has 3 rings (SSSR count). The summed E-state index contributed by atoms with van der Waals surface area (Å²) in [6, 6.07) is 12.7. The number of hydrogen-bond donors (Lipinski definition) is 1. The summed E-state index contributed by atoms with van der Waals surface area (Å²) in [7, 11) is -3.24. The summed E-state index contributed by atoms with van der Waals surface area (Å²) in [5.74, 6) is -0.0992. The highest BCUT2D eigenvalue weighted by molar-refractivity contribution is 7.90. The van der Waals surface area contributed by atoms with Gasteiger partial charge < -0.3 is 4.42 Å². The first kappa shape index (κ1) is 18.1. The lowest BCUT2D eigenvalue weighted by molar-refractivity contribution is 0.102. The van der Waals surface area contributed by atoms with Gasteiger partial charge in [0.2, 0.25) is 5.89 Å². The van der Waals surface area contributed by atoms with E-state index in [2.05, 4.69) is 15.5 Å². The number of halogens is 1. The molecule has 0 aliphatic heterocycles. The Bertz CT molecular complexity index is 1030. The van der Waals surface area contributed by atoms with E-state index in [1.165, 1.54) is 12.1 Å². The normalized spacial score (nSPS) is 11.3. The molecule has 0 aliphatic rings. The lowest BCUT2D eigenvalue weighted by Crippen LogP contribution is -2.11. The average molecular weight is 392 g/mol.